The number of ether oxygens (including phenoxy) is 2. The quantitative estimate of drug-likeness (QED) is 0.891. The molecule has 2 aromatic rings. The highest BCUT2D eigenvalue weighted by Crippen LogP contribution is 2.42. The summed E-state index contributed by atoms with van der Waals surface area (Å²) >= 11 is 0. The van der Waals surface area contributed by atoms with Gasteiger partial charge in [-0.1, -0.05) is 6.07 Å². The molecule has 0 amide bonds. The lowest BCUT2D eigenvalue weighted by atomic mass is 9.94. The number of hydrogen-bond donors (Lipinski definition) is 2. The van der Waals surface area contributed by atoms with E-state index in [0.29, 0.717) is 17.1 Å². The summed E-state index contributed by atoms with van der Waals surface area (Å²) in [6, 6.07) is 8.08. The molecule has 0 bridgehead atoms. The molecule has 0 aliphatic carbocycles. The van der Waals surface area contributed by atoms with Gasteiger partial charge in [-0.2, -0.15) is 0 Å². The van der Waals surface area contributed by atoms with Gasteiger partial charge >= 0.3 is 0 Å². The predicted molar refractivity (Wildman–Crippen MR) is 79.8 cm³/mol. The Morgan fingerprint density at radius 3 is 2.64 bits per heavy atom. The Kier molecular flexibility index (Phi) is 3.41. The number of ketones is 1. The summed E-state index contributed by atoms with van der Waals surface area (Å²) in [5.41, 5.74) is 1.71. The Bertz CT molecular complexity index is 751. The second kappa shape index (κ2) is 5.26. The SMILES string of the molecule is COc1cc(O)c2c(c1)OC(c1ccc(O)c(C)c1)CC2=O. The van der Waals surface area contributed by atoms with E-state index in [1.54, 1.807) is 31.2 Å². The molecule has 0 saturated heterocycles. The van der Waals surface area contributed by atoms with Crippen LogP contribution in [0.5, 0.6) is 23.0 Å². The molecule has 2 aromatic carbocycles. The molecule has 22 heavy (non-hydrogen) atoms. The second-order valence-corrected chi connectivity index (χ2v) is 5.30. The number of aromatic hydroxyl groups is 2. The van der Waals surface area contributed by atoms with Crippen LogP contribution in [0.4, 0.5) is 0 Å². The van der Waals surface area contributed by atoms with E-state index in [9.17, 15) is 15.0 Å². The van der Waals surface area contributed by atoms with E-state index in [1.807, 2.05) is 0 Å². The van der Waals surface area contributed by atoms with E-state index in [1.165, 1.54) is 13.2 Å². The fourth-order valence-electron chi connectivity index (χ4n) is 2.60. The summed E-state index contributed by atoms with van der Waals surface area (Å²) in [6.07, 6.45) is -0.317. The molecular weight excluding hydrogens is 284 g/mol. The number of carbonyl (C=O) groups excluding carboxylic acids is 1. The number of phenols is 2. The van der Waals surface area contributed by atoms with Gasteiger partial charge in [0.2, 0.25) is 0 Å². The first-order valence-corrected chi connectivity index (χ1v) is 6.90. The lowest BCUT2D eigenvalue weighted by Crippen LogP contribution is -2.20. The van der Waals surface area contributed by atoms with Gasteiger partial charge in [0.15, 0.2) is 5.78 Å². The van der Waals surface area contributed by atoms with Crippen LogP contribution in [0, 0.1) is 6.92 Å². The lowest BCUT2D eigenvalue weighted by Gasteiger charge is -2.26. The van der Waals surface area contributed by atoms with Crippen LogP contribution in [-0.4, -0.2) is 23.1 Å². The summed E-state index contributed by atoms with van der Waals surface area (Å²) in [4.78, 5) is 12.3. The van der Waals surface area contributed by atoms with Crippen LogP contribution in [0.15, 0.2) is 30.3 Å². The van der Waals surface area contributed by atoms with Crippen LogP contribution in [-0.2, 0) is 0 Å². The number of benzene rings is 2. The van der Waals surface area contributed by atoms with Crippen LogP contribution in [0.3, 0.4) is 0 Å². The van der Waals surface area contributed by atoms with E-state index in [2.05, 4.69) is 0 Å². The standard InChI is InChI=1S/C17H16O5/c1-9-5-10(3-4-12(9)18)15-8-14(20)17-13(19)6-11(21-2)7-16(17)22-15/h3-7,15,18-19H,8H2,1-2H3. The third-order valence-electron chi connectivity index (χ3n) is 3.80. The zero-order valence-electron chi connectivity index (χ0n) is 12.3. The van der Waals surface area contributed by atoms with E-state index in [4.69, 9.17) is 9.47 Å². The summed E-state index contributed by atoms with van der Waals surface area (Å²) in [7, 11) is 1.48. The molecule has 0 aromatic heterocycles. The van der Waals surface area contributed by atoms with Crippen LogP contribution >= 0.6 is 0 Å². The molecule has 5 nitrogen and oxygen atoms in total. The number of Topliss-reactive ketones (excluding diaryl/α,β-unsaturated/α-hetero) is 1. The zero-order valence-corrected chi connectivity index (χ0v) is 12.3. The molecule has 1 aliphatic rings. The topological polar surface area (TPSA) is 76.0 Å². The number of fused-ring (bicyclic) bond motifs is 1. The van der Waals surface area contributed by atoms with Crippen molar-refractivity contribution in [2.24, 2.45) is 0 Å². The van der Waals surface area contributed by atoms with Crippen molar-refractivity contribution in [1.29, 1.82) is 0 Å². The molecule has 3 rings (SSSR count). The van der Waals surface area contributed by atoms with Crippen molar-refractivity contribution >= 4 is 5.78 Å². The fourth-order valence-corrected chi connectivity index (χ4v) is 2.60. The predicted octanol–water partition coefficient (Wildman–Crippen LogP) is 3.12. The Balaban J connectivity index is 2.01. The summed E-state index contributed by atoms with van der Waals surface area (Å²) < 4.78 is 11.0. The first-order chi connectivity index (χ1) is 10.5. The molecule has 1 heterocycles. The third kappa shape index (κ3) is 2.35. The molecule has 5 heteroatoms. The van der Waals surface area contributed by atoms with Gasteiger partial charge in [0.1, 0.15) is 34.7 Å². The largest absolute Gasteiger partial charge is 0.508 e. The number of rotatable bonds is 2. The Morgan fingerprint density at radius 2 is 1.95 bits per heavy atom. The van der Waals surface area contributed by atoms with Crippen LogP contribution in [0.25, 0.3) is 0 Å². The van der Waals surface area contributed by atoms with E-state index in [-0.39, 0.29) is 29.3 Å². The minimum absolute atomic E-state index is 0.136. The maximum atomic E-state index is 12.3. The number of hydrogen-bond acceptors (Lipinski definition) is 5. The third-order valence-corrected chi connectivity index (χ3v) is 3.80. The minimum Gasteiger partial charge on any atom is -0.508 e. The van der Waals surface area contributed by atoms with Crippen molar-refractivity contribution in [3.8, 4) is 23.0 Å². The molecule has 114 valence electrons. The second-order valence-electron chi connectivity index (χ2n) is 5.30. The van der Waals surface area contributed by atoms with E-state index >= 15 is 0 Å². The number of methoxy groups -OCH3 is 1. The lowest BCUT2D eigenvalue weighted by molar-refractivity contribution is 0.0844. The highest BCUT2D eigenvalue weighted by molar-refractivity contribution is 6.02. The average Bonchev–Trinajstić information content (AvgIpc) is 2.49. The van der Waals surface area contributed by atoms with Gasteiger partial charge in [-0.3, -0.25) is 4.79 Å². The first kappa shape index (κ1) is 14.3. The molecule has 0 spiro atoms. The highest BCUT2D eigenvalue weighted by atomic mass is 16.5. The molecular formula is C17H16O5. The van der Waals surface area contributed by atoms with Crippen molar-refractivity contribution in [2.45, 2.75) is 19.4 Å². The maximum Gasteiger partial charge on any atom is 0.174 e. The van der Waals surface area contributed by atoms with Gasteiger partial charge < -0.3 is 19.7 Å². The molecule has 0 radical (unpaired) electrons. The van der Waals surface area contributed by atoms with Crippen molar-refractivity contribution in [3.05, 3.63) is 47.0 Å². The molecule has 1 atom stereocenters. The molecule has 0 saturated carbocycles. The molecule has 1 aliphatic heterocycles. The first-order valence-electron chi connectivity index (χ1n) is 6.90. The van der Waals surface area contributed by atoms with Crippen LogP contribution in [0.2, 0.25) is 0 Å². The Hall–Kier alpha value is -2.69. The van der Waals surface area contributed by atoms with Gasteiger partial charge in [0.25, 0.3) is 0 Å². The normalized spacial score (nSPS) is 16.8. The van der Waals surface area contributed by atoms with Gasteiger partial charge in [-0.25, -0.2) is 0 Å². The number of phenolic OH excluding ortho intramolecular Hbond substituents is 2. The van der Waals surface area contributed by atoms with Crippen LogP contribution in [0.1, 0.15) is 34.0 Å². The minimum atomic E-state index is -0.453. The monoisotopic (exact) mass is 300 g/mol. The fraction of sp³-hybridized carbons (Fsp3) is 0.235. The Labute approximate surface area is 127 Å². The molecule has 2 N–H and O–H groups in total. The maximum absolute atomic E-state index is 12.3. The van der Waals surface area contributed by atoms with Crippen LogP contribution < -0.4 is 9.47 Å². The highest BCUT2D eigenvalue weighted by Gasteiger charge is 2.31. The Morgan fingerprint density at radius 1 is 1.18 bits per heavy atom. The van der Waals surface area contributed by atoms with Gasteiger partial charge in [0.05, 0.1) is 13.5 Å². The number of carbonyl (C=O) groups is 1. The van der Waals surface area contributed by atoms with Crippen molar-refractivity contribution in [3.63, 3.8) is 0 Å². The summed E-state index contributed by atoms with van der Waals surface area (Å²) in [6.45, 7) is 1.78. The zero-order chi connectivity index (χ0) is 15.9. The average molecular weight is 300 g/mol. The van der Waals surface area contributed by atoms with Gasteiger partial charge in [-0.15, -0.1) is 0 Å². The summed E-state index contributed by atoms with van der Waals surface area (Å²) in [5, 5.41) is 19.6. The van der Waals surface area contributed by atoms with Crippen molar-refractivity contribution < 1.29 is 24.5 Å². The molecule has 1 unspecified atom stereocenters. The van der Waals surface area contributed by atoms with Gasteiger partial charge in [0, 0.05) is 12.1 Å². The number of aryl methyl sites for hydroxylation is 1. The molecule has 0 fully saturated rings. The van der Waals surface area contributed by atoms with Crippen molar-refractivity contribution in [2.75, 3.05) is 7.11 Å². The van der Waals surface area contributed by atoms with E-state index in [0.717, 1.165) is 5.56 Å². The van der Waals surface area contributed by atoms with Gasteiger partial charge in [-0.05, 0) is 30.2 Å². The van der Waals surface area contributed by atoms with Crippen molar-refractivity contribution in [1.82, 2.24) is 0 Å². The van der Waals surface area contributed by atoms with E-state index < -0.39 is 6.10 Å². The summed E-state index contributed by atoms with van der Waals surface area (Å²) in [5.74, 6) is 0.609. The smallest absolute Gasteiger partial charge is 0.174 e.